The van der Waals surface area contributed by atoms with Crippen molar-refractivity contribution in [3.63, 3.8) is 0 Å². The third-order valence-electron chi connectivity index (χ3n) is 1.92. The fraction of sp³-hybridized carbons (Fsp3) is 0.667. The Morgan fingerprint density at radius 2 is 2.31 bits per heavy atom. The first-order chi connectivity index (χ1) is 6.15. The molecule has 13 heavy (non-hydrogen) atoms. The molecule has 4 heteroatoms. The van der Waals surface area contributed by atoms with E-state index in [4.69, 9.17) is 4.74 Å². The molecule has 0 atom stereocenters. The van der Waals surface area contributed by atoms with E-state index < -0.39 is 0 Å². The molecule has 4 nitrogen and oxygen atoms in total. The molecule has 0 aliphatic carbocycles. The minimum absolute atomic E-state index is 0.472. The highest BCUT2D eigenvalue weighted by Crippen LogP contribution is 2.15. The van der Waals surface area contributed by atoms with Gasteiger partial charge in [-0.2, -0.15) is 5.10 Å². The summed E-state index contributed by atoms with van der Waals surface area (Å²) in [6.45, 7) is 5.02. The van der Waals surface area contributed by atoms with Crippen LogP contribution in [0, 0.1) is 0 Å². The second-order valence-corrected chi connectivity index (χ2v) is 3.32. The molecule has 0 saturated carbocycles. The topological polar surface area (TPSA) is 39.1 Å². The summed E-state index contributed by atoms with van der Waals surface area (Å²) in [7, 11) is 3.58. The lowest BCUT2D eigenvalue weighted by molar-refractivity contribution is 0.404. The van der Waals surface area contributed by atoms with Gasteiger partial charge < -0.3 is 10.1 Å². The second-order valence-electron chi connectivity index (χ2n) is 3.32. The van der Waals surface area contributed by atoms with Crippen molar-refractivity contribution >= 4 is 0 Å². The molecular formula is C9H17N3O. The fourth-order valence-electron chi connectivity index (χ4n) is 1.12. The molecule has 0 radical (unpaired) electrons. The smallest absolute Gasteiger partial charge is 0.161 e. The van der Waals surface area contributed by atoms with Gasteiger partial charge in [-0.15, -0.1) is 0 Å². The molecule has 1 N–H and O–H groups in total. The summed E-state index contributed by atoms with van der Waals surface area (Å²) in [4.78, 5) is 0. The lowest BCUT2D eigenvalue weighted by Gasteiger charge is -2.09. The van der Waals surface area contributed by atoms with E-state index in [1.165, 1.54) is 0 Å². The number of aryl methyl sites for hydroxylation is 1. The molecule has 1 aromatic rings. The first-order valence-electron chi connectivity index (χ1n) is 4.43. The van der Waals surface area contributed by atoms with Gasteiger partial charge in [0.05, 0.1) is 19.0 Å². The van der Waals surface area contributed by atoms with Crippen LogP contribution in [0.25, 0.3) is 0 Å². The zero-order valence-corrected chi connectivity index (χ0v) is 8.66. The average Bonchev–Trinajstić information content (AvgIpc) is 2.43. The summed E-state index contributed by atoms with van der Waals surface area (Å²) in [5.41, 5.74) is 1.08. The predicted octanol–water partition coefficient (Wildman–Crippen LogP) is 0.927. The number of hydrogen-bond acceptors (Lipinski definition) is 3. The molecule has 0 fully saturated rings. The van der Waals surface area contributed by atoms with E-state index >= 15 is 0 Å². The Morgan fingerprint density at radius 1 is 1.62 bits per heavy atom. The Hall–Kier alpha value is -1.03. The van der Waals surface area contributed by atoms with Crippen LogP contribution in [-0.2, 0) is 13.6 Å². The van der Waals surface area contributed by atoms with Crippen molar-refractivity contribution in [3.05, 3.63) is 11.9 Å². The molecule has 0 aromatic carbocycles. The summed E-state index contributed by atoms with van der Waals surface area (Å²) in [6, 6.07) is 0.472. The van der Waals surface area contributed by atoms with Crippen molar-refractivity contribution in [1.82, 2.24) is 15.1 Å². The van der Waals surface area contributed by atoms with Crippen LogP contribution in [0.2, 0.25) is 0 Å². The molecule has 74 valence electrons. The predicted molar refractivity (Wildman–Crippen MR) is 51.7 cm³/mol. The summed E-state index contributed by atoms with van der Waals surface area (Å²) in [6.07, 6.45) is 1.73. The van der Waals surface area contributed by atoms with Crippen LogP contribution in [0.15, 0.2) is 6.20 Å². The third kappa shape index (κ3) is 2.45. The van der Waals surface area contributed by atoms with Crippen LogP contribution in [0.1, 0.15) is 19.5 Å². The Labute approximate surface area is 78.9 Å². The summed E-state index contributed by atoms with van der Waals surface area (Å²) < 4.78 is 7.00. The minimum Gasteiger partial charge on any atom is -0.493 e. The van der Waals surface area contributed by atoms with Gasteiger partial charge in [-0.05, 0) is 0 Å². The van der Waals surface area contributed by atoms with Gasteiger partial charge >= 0.3 is 0 Å². The van der Waals surface area contributed by atoms with Crippen LogP contribution in [-0.4, -0.2) is 22.9 Å². The number of nitrogens with one attached hydrogen (secondary N) is 1. The lowest BCUT2D eigenvalue weighted by Crippen LogP contribution is -2.23. The van der Waals surface area contributed by atoms with Crippen molar-refractivity contribution in [2.75, 3.05) is 7.11 Å². The zero-order chi connectivity index (χ0) is 9.84. The van der Waals surface area contributed by atoms with E-state index in [1.54, 1.807) is 13.3 Å². The van der Waals surface area contributed by atoms with Crippen molar-refractivity contribution in [3.8, 4) is 5.75 Å². The molecule has 0 aliphatic heterocycles. The highest BCUT2D eigenvalue weighted by molar-refractivity contribution is 5.24. The van der Waals surface area contributed by atoms with Crippen LogP contribution in [0.5, 0.6) is 5.75 Å². The summed E-state index contributed by atoms with van der Waals surface area (Å²) in [5.74, 6) is 0.843. The van der Waals surface area contributed by atoms with Crippen molar-refractivity contribution in [2.45, 2.75) is 26.4 Å². The standard InChI is InChI=1S/C9H17N3O/c1-7(2)10-5-8-9(13-4)6-11-12(8)3/h6-7,10H,5H2,1-4H3. The average molecular weight is 183 g/mol. The highest BCUT2D eigenvalue weighted by Gasteiger charge is 2.08. The van der Waals surface area contributed by atoms with Crippen molar-refractivity contribution < 1.29 is 4.74 Å². The molecule has 0 amide bonds. The lowest BCUT2D eigenvalue weighted by atomic mass is 10.3. The number of ether oxygens (including phenoxy) is 1. The van der Waals surface area contributed by atoms with Gasteiger partial charge in [0.15, 0.2) is 5.75 Å². The molecule has 0 spiro atoms. The second kappa shape index (κ2) is 4.28. The largest absolute Gasteiger partial charge is 0.493 e. The first-order valence-corrected chi connectivity index (χ1v) is 4.43. The summed E-state index contributed by atoms with van der Waals surface area (Å²) >= 11 is 0. The number of aromatic nitrogens is 2. The molecule has 1 rings (SSSR count). The SMILES string of the molecule is COc1cnn(C)c1CNC(C)C. The van der Waals surface area contributed by atoms with E-state index in [0.29, 0.717) is 6.04 Å². The monoisotopic (exact) mass is 183 g/mol. The highest BCUT2D eigenvalue weighted by atomic mass is 16.5. The Morgan fingerprint density at radius 3 is 2.85 bits per heavy atom. The molecule has 0 bridgehead atoms. The first kappa shape index (κ1) is 10.1. The van der Waals surface area contributed by atoms with E-state index in [9.17, 15) is 0 Å². The maximum absolute atomic E-state index is 5.18. The number of rotatable bonds is 4. The quantitative estimate of drug-likeness (QED) is 0.754. The van der Waals surface area contributed by atoms with Gasteiger partial charge in [0, 0.05) is 19.6 Å². The van der Waals surface area contributed by atoms with Crippen LogP contribution in [0.4, 0.5) is 0 Å². The molecule has 0 aliphatic rings. The van der Waals surface area contributed by atoms with Gasteiger partial charge in [0.2, 0.25) is 0 Å². The van der Waals surface area contributed by atoms with Gasteiger partial charge in [0.1, 0.15) is 0 Å². The number of hydrogen-bond donors (Lipinski definition) is 1. The maximum Gasteiger partial charge on any atom is 0.161 e. The minimum atomic E-state index is 0.472. The molecule has 0 unspecified atom stereocenters. The Kier molecular flexibility index (Phi) is 3.31. The summed E-state index contributed by atoms with van der Waals surface area (Å²) in [5, 5.41) is 7.44. The molecule has 0 saturated heterocycles. The van der Waals surface area contributed by atoms with Gasteiger partial charge in [0.25, 0.3) is 0 Å². The van der Waals surface area contributed by atoms with E-state index in [0.717, 1.165) is 18.0 Å². The number of methoxy groups -OCH3 is 1. The van der Waals surface area contributed by atoms with Crippen LogP contribution in [0.3, 0.4) is 0 Å². The van der Waals surface area contributed by atoms with E-state index in [1.807, 2.05) is 11.7 Å². The molecule has 1 heterocycles. The molecular weight excluding hydrogens is 166 g/mol. The van der Waals surface area contributed by atoms with Crippen molar-refractivity contribution in [1.29, 1.82) is 0 Å². The molecule has 1 aromatic heterocycles. The van der Waals surface area contributed by atoms with Crippen LogP contribution < -0.4 is 10.1 Å². The van der Waals surface area contributed by atoms with E-state index in [-0.39, 0.29) is 0 Å². The normalized spacial score (nSPS) is 10.8. The van der Waals surface area contributed by atoms with Crippen LogP contribution >= 0.6 is 0 Å². The van der Waals surface area contributed by atoms with E-state index in [2.05, 4.69) is 24.3 Å². The van der Waals surface area contributed by atoms with Gasteiger partial charge in [-0.1, -0.05) is 13.8 Å². The Bertz CT molecular complexity index is 268. The Balaban J connectivity index is 2.68. The number of nitrogens with zero attached hydrogens (tertiary/aromatic N) is 2. The zero-order valence-electron chi connectivity index (χ0n) is 8.66. The fourth-order valence-corrected chi connectivity index (χ4v) is 1.12. The van der Waals surface area contributed by atoms with Gasteiger partial charge in [-0.25, -0.2) is 0 Å². The third-order valence-corrected chi connectivity index (χ3v) is 1.92. The maximum atomic E-state index is 5.18. The van der Waals surface area contributed by atoms with Gasteiger partial charge in [-0.3, -0.25) is 4.68 Å². The van der Waals surface area contributed by atoms with Crippen molar-refractivity contribution in [2.24, 2.45) is 7.05 Å².